The summed E-state index contributed by atoms with van der Waals surface area (Å²) in [6.07, 6.45) is 5.09. The summed E-state index contributed by atoms with van der Waals surface area (Å²) < 4.78 is 46.2. The number of ether oxygens (including phenoxy) is 1. The Kier molecular flexibility index (Phi) is 6.32. The van der Waals surface area contributed by atoms with E-state index < -0.39 is 63.9 Å². The number of halogens is 2. The van der Waals surface area contributed by atoms with Crippen LogP contribution in [0.2, 0.25) is 0 Å². The van der Waals surface area contributed by atoms with Crippen molar-refractivity contribution in [3.8, 4) is 0 Å². The van der Waals surface area contributed by atoms with Crippen LogP contribution >= 0.6 is 12.0 Å². The van der Waals surface area contributed by atoms with Gasteiger partial charge in [-0.3, -0.25) is 13.8 Å². The van der Waals surface area contributed by atoms with Crippen LogP contribution in [-0.4, -0.2) is 46.2 Å². The monoisotopic (exact) mass is 536 g/mol. The minimum Gasteiger partial charge on any atom is -0.457 e. The Morgan fingerprint density at radius 1 is 1.30 bits per heavy atom. The number of hydrogen-bond donors (Lipinski definition) is 1. The van der Waals surface area contributed by atoms with E-state index in [9.17, 15) is 23.9 Å². The van der Waals surface area contributed by atoms with Gasteiger partial charge >= 0.3 is 5.97 Å². The normalized spacial score (nSPS) is 42.4. The van der Waals surface area contributed by atoms with E-state index in [4.69, 9.17) is 13.3 Å². The van der Waals surface area contributed by atoms with Gasteiger partial charge in [-0.25, -0.2) is 13.6 Å². The summed E-state index contributed by atoms with van der Waals surface area (Å²) in [6, 6.07) is 2.91. The molecule has 4 aliphatic carbocycles. The van der Waals surface area contributed by atoms with Crippen LogP contribution in [0.1, 0.15) is 57.0 Å². The first-order chi connectivity index (χ1) is 17.5. The van der Waals surface area contributed by atoms with Gasteiger partial charge in [-0.05, 0) is 62.8 Å². The molecule has 7 nitrogen and oxygen atoms in total. The fourth-order valence-corrected chi connectivity index (χ4v) is 8.70. The fraction of sp³-hybridized carbons (Fsp3) is 0.593. The minimum absolute atomic E-state index is 0.115. The standard InChI is InChI=1S/C27H30F2O7S/c1-15-11-19-18-7-6-16-12-17(30)8-9-24(16,2)26(18,29)21(31)13-25(19,3)27(15,23(33)37-35-14-28)36-22(32)20-5-4-10-34-20/h4-5,8-10,12,15,18-19,21,31H,6-7,11,13-14H2,1-3H3/t15-,18?,19?,21+,24+,25+,26+,27+/m1/s1. The third kappa shape index (κ3) is 3.41. The van der Waals surface area contributed by atoms with E-state index in [2.05, 4.69) is 0 Å². The number of fused-ring (bicyclic) bond motifs is 5. The molecule has 0 saturated heterocycles. The zero-order valence-corrected chi connectivity index (χ0v) is 21.7. The maximum atomic E-state index is 17.4. The fourth-order valence-electron chi connectivity index (χ4n) is 7.95. The van der Waals surface area contributed by atoms with E-state index in [1.807, 2.05) is 0 Å². The van der Waals surface area contributed by atoms with E-state index in [1.54, 1.807) is 26.8 Å². The molecule has 0 radical (unpaired) electrons. The molecule has 0 aliphatic heterocycles. The number of allylic oxidation sites excluding steroid dienone is 4. The van der Waals surface area contributed by atoms with Crippen LogP contribution < -0.4 is 0 Å². The zero-order valence-electron chi connectivity index (χ0n) is 20.9. The molecule has 3 saturated carbocycles. The number of carbonyl (C=O) groups excluding carboxylic acids is 3. The van der Waals surface area contributed by atoms with Crippen molar-refractivity contribution in [1.29, 1.82) is 0 Å². The van der Waals surface area contributed by atoms with Crippen molar-refractivity contribution >= 4 is 28.9 Å². The highest BCUT2D eigenvalue weighted by Gasteiger charge is 2.77. The number of aliphatic hydroxyl groups excluding tert-OH is 1. The summed E-state index contributed by atoms with van der Waals surface area (Å²) in [5.41, 5.74) is -5.68. The second-order valence-electron chi connectivity index (χ2n) is 11.1. The van der Waals surface area contributed by atoms with Crippen molar-refractivity contribution < 1.29 is 41.6 Å². The SMILES string of the molecule is C[C@@H]1CC2C3CCC4=CC(=O)C=C[C@]4(C)[C@@]3(F)[C@@H](O)C[C@]2(C)[C@@]1(OC(=O)c1ccco1)C(=O)SOCF. The maximum Gasteiger partial charge on any atom is 0.375 e. The molecule has 0 amide bonds. The van der Waals surface area contributed by atoms with Gasteiger partial charge in [-0.2, -0.15) is 0 Å². The number of furan rings is 1. The molecule has 10 heteroatoms. The highest BCUT2D eigenvalue weighted by molar-refractivity contribution is 8.09. The van der Waals surface area contributed by atoms with Crippen LogP contribution in [0.15, 0.2) is 46.6 Å². The Balaban J connectivity index is 1.61. The molecular formula is C27H30F2O7S. The number of rotatable bonds is 5. The molecule has 1 aromatic heterocycles. The average molecular weight is 537 g/mol. The molecule has 1 aromatic rings. The summed E-state index contributed by atoms with van der Waals surface area (Å²) in [6.45, 7) is 3.96. The van der Waals surface area contributed by atoms with E-state index in [0.29, 0.717) is 24.8 Å². The van der Waals surface area contributed by atoms with Gasteiger partial charge in [0.15, 0.2) is 17.1 Å². The molecule has 1 N–H and O–H groups in total. The van der Waals surface area contributed by atoms with E-state index in [0.717, 1.165) is 0 Å². The van der Waals surface area contributed by atoms with Crippen molar-refractivity contribution in [2.24, 2.45) is 28.6 Å². The molecule has 3 fully saturated rings. The van der Waals surface area contributed by atoms with Crippen LogP contribution in [0.4, 0.5) is 8.78 Å². The maximum absolute atomic E-state index is 17.4. The molecule has 0 aromatic carbocycles. The van der Waals surface area contributed by atoms with Crippen molar-refractivity contribution in [3.63, 3.8) is 0 Å². The molecule has 0 spiro atoms. The summed E-state index contributed by atoms with van der Waals surface area (Å²) in [5.74, 6) is -2.94. The highest BCUT2D eigenvalue weighted by Crippen LogP contribution is 2.71. The van der Waals surface area contributed by atoms with Crippen LogP contribution in [0.25, 0.3) is 0 Å². The second-order valence-corrected chi connectivity index (χ2v) is 11.9. The lowest BCUT2D eigenvalue weighted by Crippen LogP contribution is -2.69. The summed E-state index contributed by atoms with van der Waals surface area (Å²) in [7, 11) is 0. The first kappa shape index (κ1) is 26.3. The van der Waals surface area contributed by atoms with Crippen molar-refractivity contribution in [2.45, 2.75) is 63.8 Å². The predicted octanol–water partition coefficient (Wildman–Crippen LogP) is 4.91. The number of hydrogen-bond acceptors (Lipinski definition) is 8. The predicted molar refractivity (Wildman–Crippen MR) is 129 cm³/mol. The molecule has 1 heterocycles. The van der Waals surface area contributed by atoms with Gasteiger partial charge in [0.2, 0.25) is 12.6 Å². The van der Waals surface area contributed by atoms with E-state index in [-0.39, 0.29) is 30.0 Å². The molecular weight excluding hydrogens is 506 g/mol. The number of alkyl halides is 2. The summed E-state index contributed by atoms with van der Waals surface area (Å²) >= 11 is 0.262. The van der Waals surface area contributed by atoms with Crippen LogP contribution in [0, 0.1) is 28.6 Å². The van der Waals surface area contributed by atoms with Gasteiger partial charge in [0.25, 0.3) is 5.12 Å². The smallest absolute Gasteiger partial charge is 0.375 e. The molecule has 2 unspecified atom stereocenters. The third-order valence-corrected chi connectivity index (χ3v) is 10.3. The largest absolute Gasteiger partial charge is 0.457 e. The Hall–Kier alpha value is -2.30. The zero-order chi connectivity index (χ0) is 26.8. The molecule has 8 atom stereocenters. The van der Waals surface area contributed by atoms with E-state index >= 15 is 4.39 Å². The van der Waals surface area contributed by atoms with Gasteiger partial charge in [0, 0.05) is 22.7 Å². The van der Waals surface area contributed by atoms with E-state index in [1.165, 1.54) is 30.5 Å². The Morgan fingerprint density at radius 3 is 2.73 bits per heavy atom. The minimum atomic E-state index is -2.11. The van der Waals surface area contributed by atoms with Gasteiger partial charge in [0.1, 0.15) is 0 Å². The summed E-state index contributed by atoms with van der Waals surface area (Å²) in [4.78, 5) is 38.9. The third-order valence-electron chi connectivity index (χ3n) is 9.64. The Labute approximate surface area is 217 Å². The lowest BCUT2D eigenvalue weighted by molar-refractivity contribution is -0.216. The number of esters is 1. The molecule has 200 valence electrons. The second kappa shape index (κ2) is 8.88. The summed E-state index contributed by atoms with van der Waals surface area (Å²) in [5, 5.41) is 10.8. The number of ketones is 1. The first-order valence-corrected chi connectivity index (χ1v) is 13.2. The number of aliphatic hydroxyl groups is 1. The Bertz CT molecular complexity index is 1180. The van der Waals surface area contributed by atoms with Crippen LogP contribution in [-0.2, 0) is 18.5 Å². The Morgan fingerprint density at radius 2 is 2.05 bits per heavy atom. The average Bonchev–Trinajstić information content (AvgIpc) is 3.46. The van der Waals surface area contributed by atoms with Gasteiger partial charge in [-0.1, -0.05) is 25.5 Å². The lowest BCUT2D eigenvalue weighted by Gasteiger charge is -2.62. The van der Waals surface area contributed by atoms with Crippen LogP contribution in [0.5, 0.6) is 0 Å². The molecule has 0 bridgehead atoms. The lowest BCUT2D eigenvalue weighted by atomic mass is 9.45. The number of carbonyl (C=O) groups is 3. The van der Waals surface area contributed by atoms with Crippen LogP contribution in [0.3, 0.4) is 0 Å². The molecule has 5 rings (SSSR count). The first-order valence-electron chi connectivity index (χ1n) is 12.4. The topological polar surface area (TPSA) is 103 Å². The van der Waals surface area contributed by atoms with Crippen molar-refractivity contribution in [3.05, 3.63) is 48.0 Å². The quantitative estimate of drug-likeness (QED) is 0.418. The van der Waals surface area contributed by atoms with Gasteiger partial charge in [-0.15, -0.1) is 0 Å². The van der Waals surface area contributed by atoms with Gasteiger partial charge < -0.3 is 14.3 Å². The van der Waals surface area contributed by atoms with Crippen molar-refractivity contribution in [1.82, 2.24) is 0 Å². The van der Waals surface area contributed by atoms with Crippen molar-refractivity contribution in [2.75, 3.05) is 6.86 Å². The van der Waals surface area contributed by atoms with Gasteiger partial charge in [0.05, 0.1) is 24.4 Å². The molecule has 37 heavy (non-hydrogen) atoms. The highest BCUT2D eigenvalue weighted by atomic mass is 32.2. The molecule has 4 aliphatic rings.